The van der Waals surface area contributed by atoms with Crippen LogP contribution in [0.4, 0.5) is 11.4 Å². The monoisotopic (exact) mass is 269 g/mol. The summed E-state index contributed by atoms with van der Waals surface area (Å²) in [6.07, 6.45) is 5.60. The normalized spacial score (nSPS) is 29.1. The molecule has 4 rings (SSSR count). The van der Waals surface area contributed by atoms with E-state index in [1.807, 2.05) is 12.3 Å². The second kappa shape index (κ2) is 4.35. The molecule has 3 N–H and O–H groups in total. The van der Waals surface area contributed by atoms with Crippen molar-refractivity contribution in [3.63, 3.8) is 0 Å². The summed E-state index contributed by atoms with van der Waals surface area (Å²) in [5.74, 6) is 1.04. The summed E-state index contributed by atoms with van der Waals surface area (Å²) in [5.41, 5.74) is 8.29. The largest absolute Gasteiger partial charge is 0.397 e. The first-order valence-corrected chi connectivity index (χ1v) is 7.29. The molecule has 1 aliphatic carbocycles. The number of aliphatic hydroxyl groups excluding tert-OH is 1. The second-order valence-corrected chi connectivity index (χ2v) is 6.07. The molecule has 1 aromatic heterocycles. The number of pyridine rings is 1. The molecule has 0 spiro atoms. The number of nitrogens with two attached hydrogens (primary N) is 1. The van der Waals surface area contributed by atoms with Crippen LogP contribution >= 0.6 is 0 Å². The van der Waals surface area contributed by atoms with Gasteiger partial charge in [-0.1, -0.05) is 6.07 Å². The van der Waals surface area contributed by atoms with E-state index >= 15 is 0 Å². The molecule has 1 saturated heterocycles. The summed E-state index contributed by atoms with van der Waals surface area (Å²) in [6, 6.07) is 6.14. The summed E-state index contributed by atoms with van der Waals surface area (Å²) < 4.78 is 0. The van der Waals surface area contributed by atoms with Crippen LogP contribution in [-0.4, -0.2) is 29.3 Å². The molecule has 104 valence electrons. The minimum absolute atomic E-state index is 0.129. The predicted octanol–water partition coefficient (Wildman–Crippen LogP) is 2.02. The Morgan fingerprint density at radius 2 is 2.10 bits per heavy atom. The molecule has 2 aliphatic rings. The van der Waals surface area contributed by atoms with E-state index in [4.69, 9.17) is 5.73 Å². The van der Waals surface area contributed by atoms with Gasteiger partial charge >= 0.3 is 0 Å². The number of anilines is 2. The first kappa shape index (κ1) is 12.0. The lowest BCUT2D eigenvalue weighted by atomic mass is 10.00. The van der Waals surface area contributed by atoms with Crippen LogP contribution in [0, 0.1) is 11.8 Å². The van der Waals surface area contributed by atoms with E-state index < -0.39 is 0 Å². The zero-order valence-electron chi connectivity index (χ0n) is 11.4. The van der Waals surface area contributed by atoms with E-state index in [2.05, 4.69) is 22.0 Å². The number of rotatable bonds is 1. The van der Waals surface area contributed by atoms with E-state index in [1.54, 1.807) is 6.20 Å². The van der Waals surface area contributed by atoms with Gasteiger partial charge in [-0.05, 0) is 30.9 Å². The maximum absolute atomic E-state index is 10.0. The Bertz CT molecular complexity index is 657. The topological polar surface area (TPSA) is 62.4 Å². The average molecular weight is 269 g/mol. The van der Waals surface area contributed by atoms with E-state index in [1.165, 1.54) is 0 Å². The van der Waals surface area contributed by atoms with E-state index in [0.717, 1.165) is 48.1 Å². The minimum Gasteiger partial charge on any atom is -0.397 e. The SMILES string of the molecule is Nc1c(N2CC3CCC(O)C3C2)ccc2cnccc12. The number of hydrogen-bond donors (Lipinski definition) is 2. The van der Waals surface area contributed by atoms with Crippen molar-refractivity contribution in [1.29, 1.82) is 0 Å². The standard InChI is InChI=1S/C16H19N3O/c17-16-12-5-6-18-7-10(12)1-3-14(16)19-8-11-2-4-15(20)13(11)9-19/h1,3,5-7,11,13,15,20H,2,4,8-9,17H2. The molecule has 0 amide bonds. The Labute approximate surface area is 118 Å². The molecule has 2 heterocycles. The molecule has 3 atom stereocenters. The van der Waals surface area contributed by atoms with Crippen LogP contribution in [0.2, 0.25) is 0 Å². The van der Waals surface area contributed by atoms with Crippen molar-refractivity contribution < 1.29 is 5.11 Å². The van der Waals surface area contributed by atoms with Gasteiger partial charge in [-0.15, -0.1) is 0 Å². The summed E-state index contributed by atoms with van der Waals surface area (Å²) >= 11 is 0. The lowest BCUT2D eigenvalue weighted by Gasteiger charge is -2.23. The number of nitrogens with zero attached hydrogens (tertiary/aromatic N) is 2. The van der Waals surface area contributed by atoms with Crippen LogP contribution in [0.15, 0.2) is 30.6 Å². The van der Waals surface area contributed by atoms with E-state index in [9.17, 15) is 5.11 Å². The zero-order valence-corrected chi connectivity index (χ0v) is 11.4. The molecular weight excluding hydrogens is 250 g/mol. The highest BCUT2D eigenvalue weighted by atomic mass is 16.3. The van der Waals surface area contributed by atoms with Crippen LogP contribution < -0.4 is 10.6 Å². The number of benzene rings is 1. The Kier molecular flexibility index (Phi) is 2.60. The molecule has 4 heteroatoms. The Morgan fingerprint density at radius 1 is 1.20 bits per heavy atom. The van der Waals surface area contributed by atoms with Gasteiger partial charge < -0.3 is 15.7 Å². The molecule has 4 nitrogen and oxygen atoms in total. The molecule has 1 aliphatic heterocycles. The molecular formula is C16H19N3O. The first-order chi connectivity index (χ1) is 9.74. The molecule has 0 bridgehead atoms. The van der Waals surface area contributed by atoms with Gasteiger partial charge in [0.25, 0.3) is 0 Å². The van der Waals surface area contributed by atoms with Gasteiger partial charge in [0.15, 0.2) is 0 Å². The van der Waals surface area contributed by atoms with Gasteiger partial charge in [0.1, 0.15) is 0 Å². The molecule has 2 aromatic rings. The zero-order chi connectivity index (χ0) is 13.7. The number of hydrogen-bond acceptors (Lipinski definition) is 4. The van der Waals surface area contributed by atoms with Crippen molar-refractivity contribution in [1.82, 2.24) is 4.98 Å². The van der Waals surface area contributed by atoms with Crippen LogP contribution in [-0.2, 0) is 0 Å². The van der Waals surface area contributed by atoms with E-state index in [0.29, 0.717) is 11.8 Å². The molecule has 20 heavy (non-hydrogen) atoms. The van der Waals surface area contributed by atoms with Gasteiger partial charge in [-0.2, -0.15) is 0 Å². The van der Waals surface area contributed by atoms with Crippen LogP contribution in [0.25, 0.3) is 10.8 Å². The number of aromatic nitrogens is 1. The molecule has 3 unspecified atom stereocenters. The lowest BCUT2D eigenvalue weighted by molar-refractivity contribution is 0.133. The van der Waals surface area contributed by atoms with Crippen molar-refractivity contribution in [3.8, 4) is 0 Å². The molecule has 1 aromatic carbocycles. The highest BCUT2D eigenvalue weighted by molar-refractivity contribution is 5.98. The Balaban J connectivity index is 1.71. The fourth-order valence-electron chi connectivity index (χ4n) is 3.89. The van der Waals surface area contributed by atoms with Crippen LogP contribution in [0.3, 0.4) is 0 Å². The summed E-state index contributed by atoms with van der Waals surface area (Å²) in [4.78, 5) is 6.48. The Morgan fingerprint density at radius 3 is 2.95 bits per heavy atom. The third kappa shape index (κ3) is 1.68. The first-order valence-electron chi connectivity index (χ1n) is 7.29. The summed E-state index contributed by atoms with van der Waals surface area (Å²) in [6.45, 7) is 1.94. The number of fused-ring (bicyclic) bond motifs is 2. The maximum atomic E-state index is 10.0. The quantitative estimate of drug-likeness (QED) is 0.778. The fraction of sp³-hybridized carbons (Fsp3) is 0.438. The highest BCUT2D eigenvalue weighted by Crippen LogP contribution is 2.42. The van der Waals surface area contributed by atoms with Crippen LogP contribution in [0.1, 0.15) is 12.8 Å². The van der Waals surface area contributed by atoms with Crippen molar-refractivity contribution in [2.75, 3.05) is 23.7 Å². The van der Waals surface area contributed by atoms with Crippen molar-refractivity contribution in [2.24, 2.45) is 11.8 Å². The summed E-state index contributed by atoms with van der Waals surface area (Å²) in [5, 5.41) is 12.2. The lowest BCUT2D eigenvalue weighted by Crippen LogP contribution is -2.25. The number of nitrogen functional groups attached to an aromatic ring is 1. The predicted molar refractivity (Wildman–Crippen MR) is 80.6 cm³/mol. The van der Waals surface area contributed by atoms with Gasteiger partial charge in [0.2, 0.25) is 0 Å². The average Bonchev–Trinajstić information content (AvgIpc) is 3.02. The summed E-state index contributed by atoms with van der Waals surface area (Å²) in [7, 11) is 0. The number of aliphatic hydroxyl groups is 1. The minimum atomic E-state index is -0.129. The highest BCUT2D eigenvalue weighted by Gasteiger charge is 2.42. The van der Waals surface area contributed by atoms with E-state index in [-0.39, 0.29) is 6.10 Å². The molecule has 2 fully saturated rings. The van der Waals surface area contributed by atoms with Crippen molar-refractivity contribution >= 4 is 22.1 Å². The maximum Gasteiger partial charge on any atom is 0.0632 e. The second-order valence-electron chi connectivity index (χ2n) is 6.07. The van der Waals surface area contributed by atoms with Gasteiger partial charge in [-0.3, -0.25) is 4.98 Å². The third-order valence-corrected chi connectivity index (χ3v) is 5.00. The van der Waals surface area contributed by atoms with Crippen LogP contribution in [0.5, 0.6) is 0 Å². The fourth-order valence-corrected chi connectivity index (χ4v) is 3.89. The Hall–Kier alpha value is -1.81. The van der Waals surface area contributed by atoms with Crippen molar-refractivity contribution in [2.45, 2.75) is 18.9 Å². The molecule has 0 radical (unpaired) electrons. The van der Waals surface area contributed by atoms with Gasteiger partial charge in [0.05, 0.1) is 17.5 Å². The van der Waals surface area contributed by atoms with Crippen molar-refractivity contribution in [3.05, 3.63) is 30.6 Å². The third-order valence-electron chi connectivity index (χ3n) is 5.00. The van der Waals surface area contributed by atoms with Gasteiger partial charge in [0, 0.05) is 42.2 Å². The van der Waals surface area contributed by atoms with Gasteiger partial charge in [-0.25, -0.2) is 0 Å². The molecule has 1 saturated carbocycles. The smallest absolute Gasteiger partial charge is 0.0632 e.